The van der Waals surface area contributed by atoms with Crippen LogP contribution in [0.1, 0.15) is 135 Å². The molecule has 0 aromatic heterocycles. The van der Waals surface area contributed by atoms with Gasteiger partial charge in [0.2, 0.25) is 0 Å². The highest BCUT2D eigenvalue weighted by molar-refractivity contribution is 5.01. The molecule has 0 spiro atoms. The van der Waals surface area contributed by atoms with Crippen molar-refractivity contribution in [3.63, 3.8) is 0 Å². The van der Waals surface area contributed by atoms with E-state index in [1.807, 2.05) is 0 Å². The van der Waals surface area contributed by atoms with Gasteiger partial charge in [0.1, 0.15) is 0 Å². The molecule has 204 valence electrons. The Balaban J connectivity index is 3.26. The van der Waals surface area contributed by atoms with E-state index < -0.39 is 5.41 Å². The van der Waals surface area contributed by atoms with E-state index in [4.69, 9.17) is 0 Å². The Hall–Kier alpha value is -0.200. The molecule has 1 atom stereocenters. The Morgan fingerprint density at radius 1 is 0.441 bits per heavy atom. The van der Waals surface area contributed by atoms with Crippen molar-refractivity contribution < 1.29 is 25.5 Å². The maximum atomic E-state index is 10.2. The van der Waals surface area contributed by atoms with Crippen molar-refractivity contribution in [3.05, 3.63) is 0 Å². The van der Waals surface area contributed by atoms with Crippen LogP contribution in [0.4, 0.5) is 0 Å². The van der Waals surface area contributed by atoms with Crippen molar-refractivity contribution in [1.29, 1.82) is 0 Å². The minimum atomic E-state index is -0.395. The average Bonchev–Trinajstić information content (AvgIpc) is 2.82. The van der Waals surface area contributed by atoms with E-state index in [9.17, 15) is 25.5 Å². The van der Waals surface area contributed by atoms with Crippen LogP contribution in [-0.4, -0.2) is 58.6 Å². The summed E-state index contributed by atoms with van der Waals surface area (Å²) in [5, 5.41) is 50.8. The lowest BCUT2D eigenvalue weighted by Gasteiger charge is -2.56. The van der Waals surface area contributed by atoms with Crippen LogP contribution in [0.5, 0.6) is 0 Å². The zero-order chi connectivity index (χ0) is 25.0. The third kappa shape index (κ3) is 10.4. The summed E-state index contributed by atoms with van der Waals surface area (Å²) in [5.74, 6) is 0.164. The molecule has 0 heterocycles. The fraction of sp³-hybridized carbons (Fsp3) is 1.00. The van der Waals surface area contributed by atoms with Crippen LogP contribution in [0.15, 0.2) is 0 Å². The van der Waals surface area contributed by atoms with Gasteiger partial charge in [0.15, 0.2) is 0 Å². The zero-order valence-corrected chi connectivity index (χ0v) is 22.2. The van der Waals surface area contributed by atoms with Gasteiger partial charge >= 0.3 is 0 Å². The Bertz CT molecular complexity index is 444. The monoisotopic (exact) mass is 486 g/mol. The van der Waals surface area contributed by atoms with E-state index in [0.717, 1.165) is 32.1 Å². The van der Waals surface area contributed by atoms with E-state index >= 15 is 0 Å². The van der Waals surface area contributed by atoms with Crippen molar-refractivity contribution >= 4 is 0 Å². The fourth-order valence-electron chi connectivity index (χ4n) is 7.27. The van der Waals surface area contributed by atoms with Crippen molar-refractivity contribution in [1.82, 2.24) is 0 Å². The molecule has 0 radical (unpaired) electrons. The molecule has 0 bridgehead atoms. The maximum absolute atomic E-state index is 10.2. The van der Waals surface area contributed by atoms with E-state index in [-0.39, 0.29) is 44.4 Å². The van der Waals surface area contributed by atoms with Crippen LogP contribution < -0.4 is 0 Å². The number of hydrogen-bond acceptors (Lipinski definition) is 5. The van der Waals surface area contributed by atoms with Gasteiger partial charge in [-0.3, -0.25) is 0 Å². The molecule has 1 saturated carbocycles. The second-order valence-electron chi connectivity index (χ2n) is 11.0. The molecular weight excluding hydrogens is 428 g/mol. The second kappa shape index (κ2) is 19.9. The maximum Gasteiger partial charge on any atom is 0.0436 e. The first kappa shape index (κ1) is 31.8. The van der Waals surface area contributed by atoms with E-state index in [0.29, 0.717) is 32.1 Å². The van der Waals surface area contributed by atoms with Gasteiger partial charge < -0.3 is 25.5 Å². The highest BCUT2D eigenvalue weighted by atomic mass is 16.3. The molecule has 1 fully saturated rings. The minimum absolute atomic E-state index is 0.0283. The van der Waals surface area contributed by atoms with E-state index in [1.165, 1.54) is 70.6 Å². The van der Waals surface area contributed by atoms with E-state index in [2.05, 4.69) is 0 Å². The normalized spacial score (nSPS) is 24.1. The molecule has 0 amide bonds. The molecule has 0 aromatic rings. The molecular formula is C29H58O5. The largest absolute Gasteiger partial charge is 0.396 e. The molecule has 5 heteroatoms. The highest BCUT2D eigenvalue weighted by Crippen LogP contribution is 2.59. The third-order valence-electron chi connectivity index (χ3n) is 9.07. The van der Waals surface area contributed by atoms with Gasteiger partial charge in [-0.15, -0.1) is 0 Å². The number of aliphatic hydroxyl groups excluding tert-OH is 5. The van der Waals surface area contributed by atoms with Gasteiger partial charge in [-0.1, -0.05) is 89.9 Å². The first-order chi connectivity index (χ1) is 16.7. The van der Waals surface area contributed by atoms with Crippen LogP contribution in [-0.2, 0) is 0 Å². The molecule has 0 saturated heterocycles. The Morgan fingerprint density at radius 2 is 0.824 bits per heavy atom. The Labute approximate surface area is 210 Å². The van der Waals surface area contributed by atoms with Crippen LogP contribution >= 0.6 is 0 Å². The second-order valence-corrected chi connectivity index (χ2v) is 11.0. The molecule has 34 heavy (non-hydrogen) atoms. The first-order valence-electron chi connectivity index (χ1n) is 14.7. The van der Waals surface area contributed by atoms with Gasteiger partial charge in [0, 0.05) is 33.0 Å². The summed E-state index contributed by atoms with van der Waals surface area (Å²) in [6.45, 7) is 0.244. The summed E-state index contributed by atoms with van der Waals surface area (Å²) < 4.78 is 0. The lowest BCUT2D eigenvalue weighted by molar-refractivity contribution is -0.100. The highest BCUT2D eigenvalue weighted by Gasteiger charge is 2.52. The smallest absolute Gasteiger partial charge is 0.0436 e. The van der Waals surface area contributed by atoms with Crippen molar-refractivity contribution in [3.8, 4) is 0 Å². The van der Waals surface area contributed by atoms with Crippen LogP contribution in [0.2, 0.25) is 0 Å². The van der Waals surface area contributed by atoms with Crippen LogP contribution in [0.25, 0.3) is 0 Å². The number of hydrogen-bond donors (Lipinski definition) is 5. The SMILES string of the molecule is OCCC1CCCCCCCCCCCCCCCCC(CCO)(CCO)C1(CCO)CCO. The van der Waals surface area contributed by atoms with Gasteiger partial charge in [-0.2, -0.15) is 0 Å². The zero-order valence-electron chi connectivity index (χ0n) is 22.2. The molecule has 1 rings (SSSR count). The number of rotatable bonds is 10. The van der Waals surface area contributed by atoms with E-state index in [1.54, 1.807) is 0 Å². The van der Waals surface area contributed by atoms with Crippen LogP contribution in [0.3, 0.4) is 0 Å². The minimum Gasteiger partial charge on any atom is -0.396 e. The lowest BCUT2D eigenvalue weighted by atomic mass is 9.49. The third-order valence-corrected chi connectivity index (χ3v) is 9.07. The van der Waals surface area contributed by atoms with Crippen molar-refractivity contribution in [2.24, 2.45) is 16.7 Å². The van der Waals surface area contributed by atoms with Gasteiger partial charge in [0.05, 0.1) is 0 Å². The molecule has 1 unspecified atom stereocenters. The van der Waals surface area contributed by atoms with Crippen molar-refractivity contribution in [2.75, 3.05) is 33.0 Å². The average molecular weight is 487 g/mol. The predicted molar refractivity (Wildman–Crippen MR) is 141 cm³/mol. The summed E-state index contributed by atoms with van der Waals surface area (Å²) >= 11 is 0. The summed E-state index contributed by atoms with van der Waals surface area (Å²) in [7, 11) is 0. The number of aliphatic hydroxyl groups is 5. The topological polar surface area (TPSA) is 101 Å². The van der Waals surface area contributed by atoms with Crippen molar-refractivity contribution in [2.45, 2.75) is 135 Å². The Kier molecular flexibility index (Phi) is 18.7. The summed E-state index contributed by atoms with van der Waals surface area (Å²) in [6.07, 6.45) is 22.4. The summed E-state index contributed by atoms with van der Waals surface area (Å²) in [5.41, 5.74) is -0.738. The first-order valence-corrected chi connectivity index (χ1v) is 14.7. The summed E-state index contributed by atoms with van der Waals surface area (Å²) in [6, 6.07) is 0. The molecule has 1 aliphatic rings. The standard InChI is InChI=1S/C29H58O5/c30-22-16-27-15-13-11-9-7-5-3-1-2-4-6-8-10-12-14-17-28(18-23-31,19-24-32)29(27,20-25-33)21-26-34/h27,30-34H,1-26H2. The molecule has 0 aromatic carbocycles. The lowest BCUT2D eigenvalue weighted by Crippen LogP contribution is -2.50. The predicted octanol–water partition coefficient (Wildman–Crippen LogP) is 5.74. The van der Waals surface area contributed by atoms with Gasteiger partial charge in [-0.25, -0.2) is 0 Å². The quantitative estimate of drug-likeness (QED) is 0.271. The molecule has 1 aliphatic carbocycles. The Morgan fingerprint density at radius 3 is 1.21 bits per heavy atom. The molecule has 5 nitrogen and oxygen atoms in total. The van der Waals surface area contributed by atoms with Crippen LogP contribution in [0, 0.1) is 16.7 Å². The van der Waals surface area contributed by atoms with Gasteiger partial charge in [0.25, 0.3) is 0 Å². The van der Waals surface area contributed by atoms with Gasteiger partial charge in [-0.05, 0) is 61.7 Å². The molecule has 5 N–H and O–H groups in total. The fourth-order valence-corrected chi connectivity index (χ4v) is 7.27. The summed E-state index contributed by atoms with van der Waals surface area (Å²) in [4.78, 5) is 0. The molecule has 0 aliphatic heterocycles.